The molecule has 42 heavy (non-hydrogen) atoms. The van der Waals surface area contributed by atoms with Gasteiger partial charge in [0.15, 0.2) is 0 Å². The van der Waals surface area contributed by atoms with Crippen molar-refractivity contribution in [1.29, 1.82) is 0 Å². The molecule has 15 atom stereocenters. The van der Waals surface area contributed by atoms with E-state index in [1.165, 1.54) is 0 Å². The van der Waals surface area contributed by atoms with E-state index >= 15 is 0 Å². The van der Waals surface area contributed by atoms with Crippen LogP contribution in [-0.4, -0.2) is 103 Å². The van der Waals surface area contributed by atoms with Crippen molar-refractivity contribution >= 4 is 5.97 Å². The summed E-state index contributed by atoms with van der Waals surface area (Å²) < 4.78 is 12.7. The Labute approximate surface area is 249 Å². The molecule has 3 heterocycles. The van der Waals surface area contributed by atoms with Gasteiger partial charge in [-0.1, -0.05) is 19.9 Å². The highest BCUT2D eigenvalue weighted by molar-refractivity contribution is 5.87. The van der Waals surface area contributed by atoms with E-state index in [4.69, 9.17) is 9.47 Å². The van der Waals surface area contributed by atoms with Crippen LogP contribution in [0, 0.1) is 40.9 Å². The molecule has 4 bridgehead atoms. The van der Waals surface area contributed by atoms with Crippen LogP contribution in [-0.2, 0) is 14.3 Å². The van der Waals surface area contributed by atoms with Gasteiger partial charge in [-0.3, -0.25) is 4.90 Å². The first kappa shape index (κ1) is 29.6. The molecule has 15 unspecified atom stereocenters. The number of piperidine rings is 2. The van der Waals surface area contributed by atoms with Crippen LogP contribution < -0.4 is 0 Å². The molecular weight excluding hydrogens is 538 g/mol. The van der Waals surface area contributed by atoms with E-state index < -0.39 is 63.9 Å². The molecular formula is C33H51NO8. The lowest BCUT2D eigenvalue weighted by atomic mass is 9.44. The minimum absolute atomic E-state index is 0.00440. The van der Waals surface area contributed by atoms with Gasteiger partial charge in [-0.05, 0) is 83.5 Å². The second kappa shape index (κ2) is 9.24. The van der Waals surface area contributed by atoms with E-state index in [1.54, 1.807) is 19.9 Å². The Balaban J connectivity index is 1.26. The molecule has 0 radical (unpaired) electrons. The third kappa shape index (κ3) is 3.42. The number of hydrogen-bond donors (Lipinski definition) is 5. The number of carbonyl (C=O) groups is 1. The molecule has 0 aromatic carbocycles. The van der Waals surface area contributed by atoms with Crippen LogP contribution in [0.15, 0.2) is 11.6 Å². The highest BCUT2D eigenvalue weighted by atomic mass is 16.6. The molecule has 7 fully saturated rings. The largest absolute Gasteiger partial charge is 0.456 e. The second-order valence-electron chi connectivity index (χ2n) is 15.9. The topological polar surface area (TPSA) is 140 Å². The summed E-state index contributed by atoms with van der Waals surface area (Å²) in [6.45, 7) is 11.3. The fourth-order valence-corrected chi connectivity index (χ4v) is 12.2. The van der Waals surface area contributed by atoms with E-state index in [0.29, 0.717) is 50.1 Å². The zero-order chi connectivity index (χ0) is 30.2. The van der Waals surface area contributed by atoms with Gasteiger partial charge in [-0.2, -0.15) is 0 Å². The van der Waals surface area contributed by atoms with Crippen LogP contribution in [0.3, 0.4) is 0 Å². The van der Waals surface area contributed by atoms with Crippen molar-refractivity contribution in [2.45, 2.75) is 126 Å². The third-order valence-corrected chi connectivity index (χ3v) is 14.2. The normalized spacial score (nSPS) is 58.8. The van der Waals surface area contributed by atoms with Gasteiger partial charge in [0, 0.05) is 47.9 Å². The van der Waals surface area contributed by atoms with Crippen molar-refractivity contribution in [2.24, 2.45) is 40.9 Å². The molecule has 0 aromatic heterocycles. The summed E-state index contributed by atoms with van der Waals surface area (Å²) in [6, 6.07) is -0.0863. The van der Waals surface area contributed by atoms with E-state index in [2.05, 4.69) is 18.7 Å². The average molecular weight is 590 g/mol. The number of hydrogen-bond acceptors (Lipinski definition) is 9. The molecule has 236 valence electrons. The van der Waals surface area contributed by atoms with E-state index in [0.717, 1.165) is 19.4 Å². The molecule has 4 saturated carbocycles. The lowest BCUT2D eigenvalue weighted by Gasteiger charge is -2.69. The lowest BCUT2D eigenvalue weighted by molar-refractivity contribution is -0.351. The number of aliphatic hydroxyl groups excluding tert-OH is 2. The summed E-state index contributed by atoms with van der Waals surface area (Å²) in [6.07, 6.45) is 3.04. The highest BCUT2D eigenvalue weighted by Gasteiger charge is 2.82. The molecule has 7 rings (SSSR count). The summed E-state index contributed by atoms with van der Waals surface area (Å²) in [4.78, 5) is 15.1. The Bertz CT molecular complexity index is 1170. The maximum atomic E-state index is 12.7. The van der Waals surface area contributed by atoms with Crippen molar-refractivity contribution in [3.63, 3.8) is 0 Å². The van der Waals surface area contributed by atoms with Gasteiger partial charge >= 0.3 is 5.97 Å². The fourth-order valence-electron chi connectivity index (χ4n) is 12.2. The molecule has 1 spiro atoms. The molecule has 7 aliphatic rings. The van der Waals surface area contributed by atoms with Crippen molar-refractivity contribution in [3.05, 3.63) is 11.6 Å². The Hall–Kier alpha value is -1.07. The predicted octanol–water partition coefficient (Wildman–Crippen LogP) is 1.77. The summed E-state index contributed by atoms with van der Waals surface area (Å²) in [5, 5.41) is 60.5. The maximum absolute atomic E-state index is 12.7. The number of allylic oxidation sites excluding steroid dienone is 1. The monoisotopic (exact) mass is 589 g/mol. The number of ether oxygens (including phenoxy) is 2. The Morgan fingerprint density at radius 3 is 2.45 bits per heavy atom. The fraction of sp³-hybridized carbons (Fsp3) is 0.909. The molecule has 9 nitrogen and oxygen atoms in total. The number of rotatable bonds is 2. The maximum Gasteiger partial charge on any atom is 0.333 e. The minimum Gasteiger partial charge on any atom is -0.456 e. The number of aliphatic hydroxyl groups is 5. The zero-order valence-corrected chi connectivity index (χ0v) is 25.8. The molecule has 4 aliphatic carbocycles. The molecule has 3 aliphatic heterocycles. The van der Waals surface area contributed by atoms with Crippen LogP contribution in [0.5, 0.6) is 0 Å². The van der Waals surface area contributed by atoms with E-state index in [-0.39, 0.29) is 30.4 Å². The Morgan fingerprint density at radius 1 is 1.02 bits per heavy atom. The summed E-state index contributed by atoms with van der Waals surface area (Å²) in [5.41, 5.74) is -4.93. The molecule has 9 heteroatoms. The van der Waals surface area contributed by atoms with Crippen LogP contribution >= 0.6 is 0 Å². The van der Waals surface area contributed by atoms with Gasteiger partial charge in [0.25, 0.3) is 0 Å². The smallest absolute Gasteiger partial charge is 0.333 e. The summed E-state index contributed by atoms with van der Waals surface area (Å²) in [7, 11) is 0. The molecule has 3 saturated heterocycles. The first-order chi connectivity index (χ1) is 19.7. The molecule has 0 aromatic rings. The zero-order valence-electron chi connectivity index (χ0n) is 25.8. The number of esters is 1. The second-order valence-corrected chi connectivity index (χ2v) is 15.9. The van der Waals surface area contributed by atoms with Crippen LogP contribution in [0.1, 0.15) is 79.6 Å². The van der Waals surface area contributed by atoms with Crippen molar-refractivity contribution < 1.29 is 39.8 Å². The van der Waals surface area contributed by atoms with E-state index in [9.17, 15) is 30.3 Å². The Kier molecular flexibility index (Phi) is 6.52. The minimum atomic E-state index is -1.57. The quantitative estimate of drug-likeness (QED) is 0.241. The van der Waals surface area contributed by atoms with Crippen LogP contribution in [0.4, 0.5) is 0 Å². The summed E-state index contributed by atoms with van der Waals surface area (Å²) >= 11 is 0. The number of nitrogens with zero attached hydrogens (tertiary/aromatic N) is 1. The van der Waals surface area contributed by atoms with Crippen molar-refractivity contribution in [1.82, 2.24) is 4.90 Å². The van der Waals surface area contributed by atoms with Gasteiger partial charge in [0.1, 0.15) is 23.4 Å². The lowest BCUT2D eigenvalue weighted by Crippen LogP contribution is -2.78. The number of fused-ring (bicyclic) bond motifs is 5. The third-order valence-electron chi connectivity index (χ3n) is 14.2. The average Bonchev–Trinajstić information content (AvgIpc) is 3.20. The van der Waals surface area contributed by atoms with E-state index in [1.807, 2.05) is 6.92 Å². The predicted molar refractivity (Wildman–Crippen MR) is 153 cm³/mol. The molecule has 5 N–H and O–H groups in total. The van der Waals surface area contributed by atoms with Gasteiger partial charge in [-0.15, -0.1) is 0 Å². The standard InChI is InChI=1S/C33H51NO8/c1-6-18(3)28(37)42-24-11-12-29(4)21-8-9-22-32(29,41-16-31(21,24)39)13-20-19-15-34-14-17(2)7-10-23(34)30(5,38)25(19)26(35)27(36)33(20,22)40/h6,17,19-27,35-36,38-40H,7-16H2,1-5H3. The number of carbonyl (C=O) groups excluding carboxylic acids is 1. The van der Waals surface area contributed by atoms with Gasteiger partial charge in [0.05, 0.1) is 23.9 Å². The van der Waals surface area contributed by atoms with Crippen LogP contribution in [0.25, 0.3) is 0 Å². The summed E-state index contributed by atoms with van der Waals surface area (Å²) in [5.74, 6) is -1.67. The van der Waals surface area contributed by atoms with Gasteiger partial charge in [0.2, 0.25) is 0 Å². The Morgan fingerprint density at radius 2 is 1.74 bits per heavy atom. The first-order valence-corrected chi connectivity index (χ1v) is 16.4. The first-order valence-electron chi connectivity index (χ1n) is 16.4. The van der Waals surface area contributed by atoms with Gasteiger partial charge < -0.3 is 35.0 Å². The van der Waals surface area contributed by atoms with Crippen molar-refractivity contribution in [2.75, 3.05) is 19.7 Å². The van der Waals surface area contributed by atoms with Crippen LogP contribution in [0.2, 0.25) is 0 Å². The van der Waals surface area contributed by atoms with Gasteiger partial charge in [-0.25, -0.2) is 4.79 Å². The van der Waals surface area contributed by atoms with Crippen molar-refractivity contribution in [3.8, 4) is 0 Å². The highest BCUT2D eigenvalue weighted by Crippen LogP contribution is 2.74. The SMILES string of the molecule is CC=C(C)C(=O)OC1CCC2(C)C3CCC4C5(O)C(O)C(O)C6C(CN7CC(C)CCC7C6(C)O)C5CC42OCC13O. The molecule has 0 amide bonds.